The highest BCUT2D eigenvalue weighted by Gasteiger charge is 2.28. The van der Waals surface area contributed by atoms with E-state index in [-0.39, 0.29) is 11.9 Å². The van der Waals surface area contributed by atoms with Gasteiger partial charge in [-0.15, -0.1) is 0 Å². The molecule has 0 saturated heterocycles. The van der Waals surface area contributed by atoms with Crippen LogP contribution in [0.5, 0.6) is 5.75 Å². The zero-order valence-corrected chi connectivity index (χ0v) is 14.1. The predicted molar refractivity (Wildman–Crippen MR) is 88.9 cm³/mol. The Balaban J connectivity index is 1.83. The van der Waals surface area contributed by atoms with E-state index in [1.807, 2.05) is 37.6 Å². The van der Waals surface area contributed by atoms with Crippen LogP contribution in [0.2, 0.25) is 0 Å². The summed E-state index contributed by atoms with van der Waals surface area (Å²) in [5.74, 6) is 0.779. The number of ether oxygens (including phenoxy) is 1. The number of aryl methyl sites for hydroxylation is 3. The fourth-order valence-corrected chi connectivity index (χ4v) is 3.14. The molecular weight excluding hydrogens is 290 g/mol. The van der Waals surface area contributed by atoms with Gasteiger partial charge in [-0.05, 0) is 33.3 Å². The second-order valence-electron chi connectivity index (χ2n) is 6.15. The Morgan fingerprint density at radius 2 is 2.17 bits per heavy atom. The molecule has 2 heterocycles. The molecule has 1 aliphatic rings. The van der Waals surface area contributed by atoms with Gasteiger partial charge in [0.2, 0.25) is 0 Å². The highest BCUT2D eigenvalue weighted by Crippen LogP contribution is 2.33. The number of aromatic nitrogens is 2. The van der Waals surface area contributed by atoms with E-state index in [1.54, 1.807) is 0 Å². The number of fused-ring (bicyclic) bond motifs is 1. The molecule has 1 amide bonds. The van der Waals surface area contributed by atoms with E-state index in [0.29, 0.717) is 12.2 Å². The van der Waals surface area contributed by atoms with Gasteiger partial charge in [0.15, 0.2) is 0 Å². The topological polar surface area (TPSA) is 56.2 Å². The van der Waals surface area contributed by atoms with Crippen LogP contribution in [-0.4, -0.2) is 22.3 Å². The summed E-state index contributed by atoms with van der Waals surface area (Å²) in [6.07, 6.45) is 0.992. The van der Waals surface area contributed by atoms with Gasteiger partial charge in [-0.2, -0.15) is 5.10 Å². The lowest BCUT2D eigenvalue weighted by Crippen LogP contribution is -2.30. The minimum absolute atomic E-state index is 0.0784. The number of hydrogen-bond donors (Lipinski definition) is 1. The molecule has 1 aliphatic heterocycles. The predicted octanol–water partition coefficient (Wildman–Crippen LogP) is 3.08. The maximum absolute atomic E-state index is 12.7. The van der Waals surface area contributed by atoms with Crippen molar-refractivity contribution in [3.05, 3.63) is 46.3 Å². The third kappa shape index (κ3) is 2.83. The van der Waals surface area contributed by atoms with Gasteiger partial charge in [0.1, 0.15) is 12.4 Å². The van der Waals surface area contributed by atoms with Gasteiger partial charge in [0.25, 0.3) is 5.91 Å². The summed E-state index contributed by atoms with van der Waals surface area (Å²) in [5.41, 5.74) is 4.59. The van der Waals surface area contributed by atoms with E-state index in [4.69, 9.17) is 4.74 Å². The minimum atomic E-state index is -0.106. The summed E-state index contributed by atoms with van der Waals surface area (Å²) >= 11 is 0. The van der Waals surface area contributed by atoms with Crippen molar-refractivity contribution in [1.29, 1.82) is 0 Å². The van der Waals surface area contributed by atoms with Gasteiger partial charge in [-0.25, -0.2) is 0 Å². The summed E-state index contributed by atoms with van der Waals surface area (Å²) < 4.78 is 7.58. The molecule has 1 aromatic carbocycles. The quantitative estimate of drug-likeness (QED) is 0.943. The standard InChI is InChI=1S/C18H23N3O2/c1-5-8-21-13(4)17(12(3)20-21)18(22)19-15-10-23-16-7-6-11(2)9-14(15)16/h6-7,9,15H,5,8,10H2,1-4H3,(H,19,22)/t15-/m0/s1. The Bertz CT molecular complexity index is 749. The molecule has 0 radical (unpaired) electrons. The molecule has 1 aromatic heterocycles. The van der Waals surface area contributed by atoms with E-state index in [1.165, 1.54) is 0 Å². The number of amides is 1. The van der Waals surface area contributed by atoms with E-state index in [2.05, 4.69) is 23.4 Å². The van der Waals surface area contributed by atoms with Crippen molar-refractivity contribution in [3.63, 3.8) is 0 Å². The smallest absolute Gasteiger partial charge is 0.255 e. The molecule has 5 nitrogen and oxygen atoms in total. The van der Waals surface area contributed by atoms with E-state index in [0.717, 1.165) is 41.2 Å². The Morgan fingerprint density at radius 3 is 2.91 bits per heavy atom. The van der Waals surface area contributed by atoms with Crippen LogP contribution in [0, 0.1) is 20.8 Å². The number of nitrogens with zero attached hydrogens (tertiary/aromatic N) is 2. The molecule has 3 rings (SSSR count). The summed E-state index contributed by atoms with van der Waals surface area (Å²) in [4.78, 5) is 12.7. The zero-order valence-electron chi connectivity index (χ0n) is 14.1. The number of benzene rings is 1. The SMILES string of the molecule is CCCn1nc(C)c(C(=O)N[C@H]2COc3ccc(C)cc32)c1C. The number of rotatable bonds is 4. The van der Waals surface area contributed by atoms with Crippen molar-refractivity contribution in [3.8, 4) is 5.75 Å². The molecule has 0 unspecified atom stereocenters. The Labute approximate surface area is 136 Å². The molecule has 5 heteroatoms. The monoisotopic (exact) mass is 313 g/mol. The van der Waals surface area contributed by atoms with Gasteiger partial charge >= 0.3 is 0 Å². The molecule has 0 spiro atoms. The van der Waals surface area contributed by atoms with Gasteiger partial charge in [-0.3, -0.25) is 9.48 Å². The lowest BCUT2D eigenvalue weighted by Gasteiger charge is -2.12. The van der Waals surface area contributed by atoms with Crippen LogP contribution in [0.25, 0.3) is 0 Å². The van der Waals surface area contributed by atoms with Gasteiger partial charge in [0.05, 0.1) is 17.3 Å². The number of carbonyl (C=O) groups excluding carboxylic acids is 1. The largest absolute Gasteiger partial charge is 0.491 e. The summed E-state index contributed by atoms with van der Waals surface area (Å²) in [6.45, 7) is 9.29. The van der Waals surface area contributed by atoms with E-state index >= 15 is 0 Å². The highest BCUT2D eigenvalue weighted by molar-refractivity contribution is 5.96. The number of carbonyl (C=O) groups is 1. The first-order chi connectivity index (χ1) is 11.0. The fourth-order valence-electron chi connectivity index (χ4n) is 3.14. The fraction of sp³-hybridized carbons (Fsp3) is 0.444. The number of nitrogens with one attached hydrogen (secondary N) is 1. The van der Waals surface area contributed by atoms with Gasteiger partial charge < -0.3 is 10.1 Å². The first kappa shape index (κ1) is 15.6. The van der Waals surface area contributed by atoms with Crippen LogP contribution in [-0.2, 0) is 6.54 Å². The molecule has 122 valence electrons. The second kappa shape index (κ2) is 6.07. The first-order valence-corrected chi connectivity index (χ1v) is 8.09. The molecule has 0 fully saturated rings. The normalized spacial score (nSPS) is 16.1. The van der Waals surface area contributed by atoms with Crippen molar-refractivity contribution in [2.24, 2.45) is 0 Å². The van der Waals surface area contributed by atoms with Crippen LogP contribution in [0.1, 0.15) is 52.3 Å². The Morgan fingerprint density at radius 1 is 1.39 bits per heavy atom. The average molecular weight is 313 g/mol. The van der Waals surface area contributed by atoms with Crippen molar-refractivity contribution >= 4 is 5.91 Å². The lowest BCUT2D eigenvalue weighted by molar-refractivity contribution is 0.0929. The molecule has 1 atom stereocenters. The zero-order chi connectivity index (χ0) is 16.6. The molecule has 1 N–H and O–H groups in total. The highest BCUT2D eigenvalue weighted by atomic mass is 16.5. The van der Waals surface area contributed by atoms with Crippen molar-refractivity contribution < 1.29 is 9.53 Å². The maximum Gasteiger partial charge on any atom is 0.255 e. The van der Waals surface area contributed by atoms with E-state index < -0.39 is 0 Å². The third-order valence-corrected chi connectivity index (χ3v) is 4.30. The average Bonchev–Trinajstić information content (AvgIpc) is 3.01. The van der Waals surface area contributed by atoms with Crippen molar-refractivity contribution in [2.75, 3.05) is 6.61 Å². The van der Waals surface area contributed by atoms with Crippen LogP contribution in [0.4, 0.5) is 0 Å². The summed E-state index contributed by atoms with van der Waals surface area (Å²) in [5, 5.41) is 7.58. The van der Waals surface area contributed by atoms with Crippen molar-refractivity contribution in [2.45, 2.75) is 46.7 Å². The third-order valence-electron chi connectivity index (χ3n) is 4.30. The maximum atomic E-state index is 12.7. The van der Waals surface area contributed by atoms with Gasteiger partial charge in [0, 0.05) is 17.8 Å². The molecule has 0 saturated carbocycles. The summed E-state index contributed by atoms with van der Waals surface area (Å²) in [7, 11) is 0. The Kier molecular flexibility index (Phi) is 4.11. The molecular formula is C18H23N3O2. The summed E-state index contributed by atoms with van der Waals surface area (Å²) in [6, 6.07) is 5.96. The number of hydrogen-bond acceptors (Lipinski definition) is 3. The molecule has 0 aliphatic carbocycles. The lowest BCUT2D eigenvalue weighted by atomic mass is 10.0. The second-order valence-corrected chi connectivity index (χ2v) is 6.15. The van der Waals surface area contributed by atoms with Gasteiger partial charge in [-0.1, -0.05) is 24.6 Å². The van der Waals surface area contributed by atoms with Crippen LogP contribution < -0.4 is 10.1 Å². The minimum Gasteiger partial charge on any atom is -0.491 e. The first-order valence-electron chi connectivity index (χ1n) is 8.09. The van der Waals surface area contributed by atoms with Crippen LogP contribution in [0.15, 0.2) is 18.2 Å². The molecule has 2 aromatic rings. The van der Waals surface area contributed by atoms with Crippen molar-refractivity contribution in [1.82, 2.24) is 15.1 Å². The van der Waals surface area contributed by atoms with E-state index in [9.17, 15) is 4.79 Å². The Hall–Kier alpha value is -2.30. The molecule has 23 heavy (non-hydrogen) atoms. The van der Waals surface area contributed by atoms with Crippen LogP contribution in [0.3, 0.4) is 0 Å². The van der Waals surface area contributed by atoms with Crippen LogP contribution >= 0.6 is 0 Å². The molecule has 0 bridgehead atoms.